The van der Waals surface area contributed by atoms with E-state index in [0.29, 0.717) is 10.8 Å². The smallest absolute Gasteiger partial charge is 0.00117 e. The molecule has 0 atom stereocenters. The first-order chi connectivity index (χ1) is 10.1. The van der Waals surface area contributed by atoms with Gasteiger partial charge < -0.3 is 5.32 Å². The third kappa shape index (κ3) is 3.88. The summed E-state index contributed by atoms with van der Waals surface area (Å²) in [5.41, 5.74) is 4.08. The summed E-state index contributed by atoms with van der Waals surface area (Å²) in [6.45, 7) is 15.4. The van der Waals surface area contributed by atoms with Crippen LogP contribution in [-0.2, 0) is 10.8 Å². The molecule has 1 saturated heterocycles. The highest BCUT2D eigenvalue weighted by Gasteiger charge is 2.47. The number of nitrogens with one attached hydrogen (secondary N) is 1. The van der Waals surface area contributed by atoms with Gasteiger partial charge in [0, 0.05) is 0 Å². The van der Waals surface area contributed by atoms with E-state index >= 15 is 0 Å². The van der Waals surface area contributed by atoms with E-state index in [1.807, 2.05) is 13.8 Å². The summed E-state index contributed by atoms with van der Waals surface area (Å²) in [5.74, 6) is 0. The largest absolute Gasteiger partial charge is 0.317 e. The van der Waals surface area contributed by atoms with Crippen LogP contribution in [0.3, 0.4) is 0 Å². The van der Waals surface area contributed by atoms with Gasteiger partial charge in [0.1, 0.15) is 0 Å². The molecule has 0 amide bonds. The van der Waals surface area contributed by atoms with E-state index in [0.717, 1.165) is 0 Å². The monoisotopic (exact) mass is 289 g/mol. The molecule has 1 aromatic carbocycles. The van der Waals surface area contributed by atoms with Crippen molar-refractivity contribution in [2.75, 3.05) is 13.1 Å². The second-order valence-electron chi connectivity index (χ2n) is 6.84. The molecule has 0 saturated carbocycles. The molecule has 1 heteroatoms. The summed E-state index contributed by atoms with van der Waals surface area (Å²) in [6.07, 6.45) is 5.21. The van der Waals surface area contributed by atoms with Crippen molar-refractivity contribution in [3.05, 3.63) is 35.4 Å². The number of fused-ring (bicyclic) bond motifs is 2. The highest BCUT2D eigenvalue weighted by atomic mass is 14.9. The predicted octanol–water partition coefficient (Wildman–Crippen LogP) is 5.43. The lowest BCUT2D eigenvalue weighted by atomic mass is 9.72. The van der Waals surface area contributed by atoms with Crippen LogP contribution in [-0.4, -0.2) is 13.1 Å². The fourth-order valence-electron chi connectivity index (χ4n) is 3.92. The van der Waals surface area contributed by atoms with E-state index < -0.39 is 0 Å². The minimum absolute atomic E-state index is 0.369. The summed E-state index contributed by atoms with van der Waals surface area (Å²) in [6, 6.07) is 9.12. The normalized spacial score (nSPS) is 20.7. The third-order valence-electron chi connectivity index (χ3n) is 4.57. The summed E-state index contributed by atoms with van der Waals surface area (Å²) in [7, 11) is 0. The Bertz CT molecular complexity index is 414. The van der Waals surface area contributed by atoms with E-state index in [1.165, 1.54) is 38.8 Å². The van der Waals surface area contributed by atoms with Crippen molar-refractivity contribution in [1.29, 1.82) is 0 Å². The predicted molar refractivity (Wildman–Crippen MR) is 95.2 cm³/mol. The minimum atomic E-state index is 0.369. The van der Waals surface area contributed by atoms with Gasteiger partial charge in [-0.1, -0.05) is 72.2 Å². The Balaban J connectivity index is 0.000000395. The summed E-state index contributed by atoms with van der Waals surface area (Å²) < 4.78 is 0. The van der Waals surface area contributed by atoms with E-state index in [9.17, 15) is 0 Å². The van der Waals surface area contributed by atoms with Crippen LogP contribution in [0.1, 0.15) is 78.4 Å². The molecular weight excluding hydrogens is 254 g/mol. The lowest BCUT2D eigenvalue weighted by Crippen LogP contribution is -2.39. The Morgan fingerprint density at radius 2 is 1.43 bits per heavy atom. The van der Waals surface area contributed by atoms with Crippen molar-refractivity contribution >= 4 is 0 Å². The van der Waals surface area contributed by atoms with Crippen LogP contribution in [0.4, 0.5) is 0 Å². The van der Waals surface area contributed by atoms with Gasteiger partial charge in [-0.15, -0.1) is 0 Å². The molecule has 1 heterocycles. The maximum absolute atomic E-state index is 3.49. The second kappa shape index (κ2) is 7.98. The quantitative estimate of drug-likeness (QED) is 0.671. The summed E-state index contributed by atoms with van der Waals surface area (Å²) >= 11 is 0. The lowest BCUT2D eigenvalue weighted by Gasteiger charge is -2.36. The van der Waals surface area contributed by atoms with Gasteiger partial charge in [-0.3, -0.25) is 0 Å². The van der Waals surface area contributed by atoms with Gasteiger partial charge in [-0.25, -0.2) is 0 Å². The molecule has 21 heavy (non-hydrogen) atoms. The van der Waals surface area contributed by atoms with E-state index in [4.69, 9.17) is 0 Å². The number of rotatable bonds is 0. The van der Waals surface area contributed by atoms with Crippen molar-refractivity contribution in [1.82, 2.24) is 5.32 Å². The Morgan fingerprint density at radius 1 is 0.952 bits per heavy atom. The van der Waals surface area contributed by atoms with Gasteiger partial charge in [0.25, 0.3) is 0 Å². The maximum Gasteiger partial charge on any atom is -0.00117 e. The first kappa shape index (κ1) is 18.2. The lowest BCUT2D eigenvalue weighted by molar-refractivity contribution is 0.269. The van der Waals surface area contributed by atoms with Gasteiger partial charge in [0.05, 0.1) is 0 Å². The average Bonchev–Trinajstić information content (AvgIpc) is 2.71. The third-order valence-corrected chi connectivity index (χ3v) is 4.57. The fourth-order valence-corrected chi connectivity index (χ4v) is 3.92. The Hall–Kier alpha value is -0.820. The van der Waals surface area contributed by atoms with Crippen molar-refractivity contribution in [3.8, 4) is 0 Å². The van der Waals surface area contributed by atoms with E-state index in [2.05, 4.69) is 57.3 Å². The molecule has 1 fully saturated rings. The molecule has 2 aliphatic rings. The van der Waals surface area contributed by atoms with Crippen molar-refractivity contribution in [2.24, 2.45) is 0 Å². The molecule has 1 aromatic rings. The summed E-state index contributed by atoms with van der Waals surface area (Å²) in [4.78, 5) is 0. The standard InChI is InChI=1S/C15H21N.C3H8.C2H6/c1-14(2)11-15(7-9-16-10-8-15)13-6-4-3-5-12(13)14;1-3-2;1-2/h3-6,16H,7-11H2,1-2H3;3H2,1-2H3;1-2H3. The molecule has 0 aromatic heterocycles. The fraction of sp³-hybridized carbons (Fsp3) is 0.700. The second-order valence-corrected chi connectivity index (χ2v) is 6.84. The molecule has 1 N–H and O–H groups in total. The van der Waals surface area contributed by atoms with Crippen LogP contribution >= 0.6 is 0 Å². The topological polar surface area (TPSA) is 12.0 Å². The molecule has 1 nitrogen and oxygen atoms in total. The molecular formula is C20H35N. The zero-order valence-corrected chi connectivity index (χ0v) is 15.1. The van der Waals surface area contributed by atoms with Gasteiger partial charge >= 0.3 is 0 Å². The molecule has 0 bridgehead atoms. The molecule has 1 aliphatic heterocycles. The Morgan fingerprint density at radius 3 is 1.95 bits per heavy atom. The minimum Gasteiger partial charge on any atom is -0.317 e. The Kier molecular flexibility index (Phi) is 6.93. The Labute approximate surface area is 132 Å². The number of hydrogen-bond acceptors (Lipinski definition) is 1. The SMILES string of the molecule is CC.CC1(C)CC2(CCNCC2)c2ccccc21.CCC. The molecule has 3 rings (SSSR count). The molecule has 120 valence electrons. The average molecular weight is 290 g/mol. The van der Waals surface area contributed by atoms with Gasteiger partial charge in [0.15, 0.2) is 0 Å². The zero-order chi connectivity index (χ0) is 15.9. The first-order valence-electron chi connectivity index (χ1n) is 8.86. The van der Waals surface area contributed by atoms with Gasteiger partial charge in [0.2, 0.25) is 0 Å². The maximum atomic E-state index is 3.49. The van der Waals surface area contributed by atoms with Crippen LogP contribution in [0.2, 0.25) is 0 Å². The van der Waals surface area contributed by atoms with Crippen molar-refractivity contribution in [3.63, 3.8) is 0 Å². The molecule has 0 unspecified atom stereocenters. The number of piperidine rings is 1. The first-order valence-corrected chi connectivity index (χ1v) is 8.86. The van der Waals surface area contributed by atoms with Crippen LogP contribution in [0.15, 0.2) is 24.3 Å². The van der Waals surface area contributed by atoms with E-state index in [1.54, 1.807) is 11.1 Å². The van der Waals surface area contributed by atoms with Gasteiger partial charge in [-0.05, 0) is 54.3 Å². The number of hydrogen-bond donors (Lipinski definition) is 1. The van der Waals surface area contributed by atoms with E-state index in [-0.39, 0.29) is 0 Å². The van der Waals surface area contributed by atoms with Crippen LogP contribution in [0.25, 0.3) is 0 Å². The molecule has 1 spiro atoms. The molecule has 0 radical (unpaired) electrons. The van der Waals surface area contributed by atoms with Gasteiger partial charge in [-0.2, -0.15) is 0 Å². The zero-order valence-electron chi connectivity index (χ0n) is 15.1. The summed E-state index contributed by atoms with van der Waals surface area (Å²) in [5, 5.41) is 3.49. The highest BCUT2D eigenvalue weighted by Crippen LogP contribution is 2.53. The van der Waals surface area contributed by atoms with Crippen molar-refractivity contribution in [2.45, 2.75) is 78.1 Å². The molecule has 1 aliphatic carbocycles. The number of benzene rings is 1. The van der Waals surface area contributed by atoms with Crippen LogP contribution < -0.4 is 5.32 Å². The highest BCUT2D eigenvalue weighted by molar-refractivity contribution is 5.45. The van der Waals surface area contributed by atoms with Crippen LogP contribution in [0.5, 0.6) is 0 Å². The van der Waals surface area contributed by atoms with Crippen LogP contribution in [0, 0.1) is 0 Å². The van der Waals surface area contributed by atoms with Crippen molar-refractivity contribution < 1.29 is 0 Å².